The SMILES string of the molecule is [N-]=[N+]=N[C@H]1C=C[C@@H]2COc3ccccc3[C@@H]2C1. The van der Waals surface area contributed by atoms with E-state index in [1.807, 2.05) is 24.3 Å². The fourth-order valence-corrected chi connectivity index (χ4v) is 2.70. The van der Waals surface area contributed by atoms with E-state index in [2.05, 4.69) is 22.2 Å². The predicted octanol–water partition coefficient (Wildman–Crippen LogP) is 3.42. The highest BCUT2D eigenvalue weighted by molar-refractivity contribution is 5.40. The molecule has 1 aliphatic heterocycles. The molecule has 0 unspecified atom stereocenters. The van der Waals surface area contributed by atoms with Crippen LogP contribution in [0.5, 0.6) is 5.75 Å². The topological polar surface area (TPSA) is 58.0 Å². The molecule has 1 aromatic rings. The molecule has 0 saturated carbocycles. The van der Waals surface area contributed by atoms with Crippen molar-refractivity contribution in [2.45, 2.75) is 18.4 Å². The van der Waals surface area contributed by atoms with Crippen molar-refractivity contribution in [2.24, 2.45) is 11.0 Å². The molecule has 2 aliphatic rings. The van der Waals surface area contributed by atoms with Gasteiger partial charge in [0.05, 0.1) is 12.6 Å². The van der Waals surface area contributed by atoms with E-state index in [9.17, 15) is 0 Å². The maximum absolute atomic E-state index is 8.51. The Morgan fingerprint density at radius 3 is 3.06 bits per heavy atom. The number of azide groups is 1. The molecule has 0 aromatic heterocycles. The van der Waals surface area contributed by atoms with Gasteiger partial charge in [-0.1, -0.05) is 35.5 Å². The molecule has 1 heterocycles. The summed E-state index contributed by atoms with van der Waals surface area (Å²) in [6.07, 6.45) is 5.01. The van der Waals surface area contributed by atoms with Crippen LogP contribution in [0.1, 0.15) is 17.9 Å². The summed E-state index contributed by atoms with van der Waals surface area (Å²) in [6.45, 7) is 0.723. The molecule has 1 aliphatic carbocycles. The zero-order chi connectivity index (χ0) is 11.7. The average Bonchev–Trinajstić information content (AvgIpc) is 2.39. The zero-order valence-electron chi connectivity index (χ0n) is 9.36. The van der Waals surface area contributed by atoms with Crippen LogP contribution >= 0.6 is 0 Å². The van der Waals surface area contributed by atoms with Crippen molar-refractivity contribution in [3.8, 4) is 5.75 Å². The van der Waals surface area contributed by atoms with E-state index >= 15 is 0 Å². The van der Waals surface area contributed by atoms with Gasteiger partial charge in [-0.2, -0.15) is 0 Å². The maximum atomic E-state index is 8.51. The van der Waals surface area contributed by atoms with Gasteiger partial charge in [-0.25, -0.2) is 0 Å². The lowest BCUT2D eigenvalue weighted by Crippen LogP contribution is -2.29. The van der Waals surface area contributed by atoms with E-state index in [4.69, 9.17) is 10.3 Å². The molecule has 0 radical (unpaired) electrons. The van der Waals surface area contributed by atoms with Crippen molar-refractivity contribution in [1.82, 2.24) is 0 Å². The van der Waals surface area contributed by atoms with Gasteiger partial charge in [0.15, 0.2) is 0 Å². The number of nitrogens with zero attached hydrogens (tertiary/aromatic N) is 3. The molecule has 4 heteroatoms. The standard InChI is InChI=1S/C13H13N3O/c14-16-15-10-6-5-9-8-17-13-4-2-1-3-11(13)12(9)7-10/h1-6,9-10,12H,7-8H2/t9-,10+,12-/m1/s1. The van der Waals surface area contributed by atoms with Crippen molar-refractivity contribution in [1.29, 1.82) is 0 Å². The highest BCUT2D eigenvalue weighted by atomic mass is 16.5. The van der Waals surface area contributed by atoms with Gasteiger partial charge in [0, 0.05) is 10.8 Å². The minimum Gasteiger partial charge on any atom is -0.493 e. The van der Waals surface area contributed by atoms with E-state index in [0.29, 0.717) is 11.8 Å². The van der Waals surface area contributed by atoms with Crippen LogP contribution in [0.15, 0.2) is 41.5 Å². The second-order valence-corrected chi connectivity index (χ2v) is 4.51. The highest BCUT2D eigenvalue weighted by Gasteiger charge is 2.32. The van der Waals surface area contributed by atoms with Crippen LogP contribution < -0.4 is 4.74 Å². The molecule has 0 amide bonds. The number of para-hydroxylation sites is 1. The number of ether oxygens (including phenoxy) is 1. The highest BCUT2D eigenvalue weighted by Crippen LogP contribution is 2.42. The molecule has 3 atom stereocenters. The lowest BCUT2D eigenvalue weighted by Gasteiger charge is -2.35. The monoisotopic (exact) mass is 227 g/mol. The van der Waals surface area contributed by atoms with E-state index in [0.717, 1.165) is 18.8 Å². The quantitative estimate of drug-likeness (QED) is 0.314. The van der Waals surface area contributed by atoms with Crippen molar-refractivity contribution < 1.29 is 4.74 Å². The van der Waals surface area contributed by atoms with E-state index in [1.165, 1.54) is 5.56 Å². The zero-order valence-corrected chi connectivity index (χ0v) is 9.36. The number of fused-ring (bicyclic) bond motifs is 3. The predicted molar refractivity (Wildman–Crippen MR) is 64.9 cm³/mol. The minimum absolute atomic E-state index is 0.0209. The van der Waals surface area contributed by atoms with Gasteiger partial charge in [0.2, 0.25) is 0 Å². The Kier molecular flexibility index (Phi) is 2.50. The molecule has 1 aromatic carbocycles. The molecule has 0 N–H and O–H groups in total. The first-order valence-corrected chi connectivity index (χ1v) is 5.83. The first-order chi connectivity index (χ1) is 8.38. The van der Waals surface area contributed by atoms with Gasteiger partial charge in [0.25, 0.3) is 0 Å². The number of hydrogen-bond donors (Lipinski definition) is 0. The molecule has 17 heavy (non-hydrogen) atoms. The normalized spacial score (nSPS) is 29.5. The van der Waals surface area contributed by atoms with Gasteiger partial charge in [0.1, 0.15) is 5.75 Å². The number of rotatable bonds is 1. The van der Waals surface area contributed by atoms with Crippen molar-refractivity contribution in [2.75, 3.05) is 6.61 Å². The third-order valence-corrected chi connectivity index (χ3v) is 3.54. The molecular formula is C13H13N3O. The molecule has 0 saturated heterocycles. The summed E-state index contributed by atoms with van der Waals surface area (Å²) >= 11 is 0. The van der Waals surface area contributed by atoms with Gasteiger partial charge in [-0.05, 0) is 29.5 Å². The summed E-state index contributed by atoms with van der Waals surface area (Å²) in [6, 6.07) is 8.12. The summed E-state index contributed by atoms with van der Waals surface area (Å²) in [5.74, 6) is 1.80. The fourth-order valence-electron chi connectivity index (χ4n) is 2.70. The van der Waals surface area contributed by atoms with Crippen LogP contribution in [0.25, 0.3) is 10.4 Å². The molecule has 86 valence electrons. The van der Waals surface area contributed by atoms with E-state index in [-0.39, 0.29) is 6.04 Å². The smallest absolute Gasteiger partial charge is 0.122 e. The van der Waals surface area contributed by atoms with Crippen LogP contribution in [0.3, 0.4) is 0 Å². The maximum Gasteiger partial charge on any atom is 0.122 e. The summed E-state index contributed by atoms with van der Waals surface area (Å²) in [4.78, 5) is 2.90. The molecule has 4 nitrogen and oxygen atoms in total. The van der Waals surface area contributed by atoms with Crippen molar-refractivity contribution in [3.63, 3.8) is 0 Å². The second-order valence-electron chi connectivity index (χ2n) is 4.51. The molecule has 0 bridgehead atoms. The second kappa shape index (κ2) is 4.15. The third-order valence-electron chi connectivity index (χ3n) is 3.54. The van der Waals surface area contributed by atoms with Crippen LogP contribution in [0, 0.1) is 5.92 Å². The Labute approximate surface area is 99.5 Å². The average molecular weight is 227 g/mol. The molecular weight excluding hydrogens is 214 g/mol. The lowest BCUT2D eigenvalue weighted by molar-refractivity contribution is 0.210. The van der Waals surface area contributed by atoms with E-state index in [1.54, 1.807) is 0 Å². The largest absolute Gasteiger partial charge is 0.493 e. The van der Waals surface area contributed by atoms with Crippen molar-refractivity contribution in [3.05, 3.63) is 52.4 Å². The first-order valence-electron chi connectivity index (χ1n) is 5.83. The van der Waals surface area contributed by atoms with Crippen LogP contribution in [-0.4, -0.2) is 12.6 Å². The van der Waals surface area contributed by atoms with Gasteiger partial charge < -0.3 is 4.74 Å². The van der Waals surface area contributed by atoms with Gasteiger partial charge in [-0.3, -0.25) is 0 Å². The summed E-state index contributed by atoms with van der Waals surface area (Å²) in [5, 5.41) is 3.80. The summed E-state index contributed by atoms with van der Waals surface area (Å²) < 4.78 is 5.73. The third kappa shape index (κ3) is 1.77. The van der Waals surface area contributed by atoms with E-state index < -0.39 is 0 Å². The van der Waals surface area contributed by atoms with Gasteiger partial charge >= 0.3 is 0 Å². The fraction of sp³-hybridized carbons (Fsp3) is 0.385. The molecule has 3 rings (SSSR count). The van der Waals surface area contributed by atoms with Crippen LogP contribution in [0.4, 0.5) is 0 Å². The number of benzene rings is 1. The van der Waals surface area contributed by atoms with Crippen molar-refractivity contribution >= 4 is 0 Å². The number of hydrogen-bond acceptors (Lipinski definition) is 2. The summed E-state index contributed by atoms with van der Waals surface area (Å²) in [5.41, 5.74) is 9.75. The van der Waals surface area contributed by atoms with Gasteiger partial charge in [-0.15, -0.1) is 0 Å². The molecule has 0 spiro atoms. The Bertz CT molecular complexity index is 505. The van der Waals surface area contributed by atoms with Crippen LogP contribution in [0.2, 0.25) is 0 Å². The molecule has 0 fully saturated rings. The first kappa shape index (κ1) is 10.2. The van der Waals surface area contributed by atoms with Crippen LogP contribution in [-0.2, 0) is 0 Å². The Balaban J connectivity index is 1.96. The lowest BCUT2D eigenvalue weighted by atomic mass is 9.76. The Hall–Kier alpha value is -1.93. The summed E-state index contributed by atoms with van der Waals surface area (Å²) in [7, 11) is 0. The minimum atomic E-state index is -0.0209. The Morgan fingerprint density at radius 2 is 2.18 bits per heavy atom. The Morgan fingerprint density at radius 1 is 1.29 bits per heavy atom.